The molecule has 1 aromatic rings. The van der Waals surface area contributed by atoms with Crippen molar-refractivity contribution in [1.82, 2.24) is 10.3 Å². The van der Waals surface area contributed by atoms with Crippen LogP contribution in [0, 0.1) is 5.92 Å². The van der Waals surface area contributed by atoms with Crippen LogP contribution in [0.1, 0.15) is 44.0 Å². The van der Waals surface area contributed by atoms with Gasteiger partial charge in [-0.1, -0.05) is 32.4 Å². The summed E-state index contributed by atoms with van der Waals surface area (Å²) in [5.74, 6) is 1.11. The van der Waals surface area contributed by atoms with Crippen molar-refractivity contribution >= 4 is 23.3 Å². The van der Waals surface area contributed by atoms with Crippen molar-refractivity contribution in [1.29, 1.82) is 0 Å². The van der Waals surface area contributed by atoms with Gasteiger partial charge in [0.25, 0.3) is 5.91 Å². The summed E-state index contributed by atoms with van der Waals surface area (Å²) < 4.78 is 0. The van der Waals surface area contributed by atoms with Crippen LogP contribution < -0.4 is 10.6 Å². The van der Waals surface area contributed by atoms with Gasteiger partial charge in [0.1, 0.15) is 11.0 Å². The van der Waals surface area contributed by atoms with E-state index in [0.29, 0.717) is 29.0 Å². The van der Waals surface area contributed by atoms with Crippen molar-refractivity contribution in [2.75, 3.05) is 18.4 Å². The van der Waals surface area contributed by atoms with Crippen molar-refractivity contribution in [2.45, 2.75) is 33.6 Å². The number of rotatable bonds is 7. The Balaban J connectivity index is 2.65. The summed E-state index contributed by atoms with van der Waals surface area (Å²) >= 11 is 5.93. The van der Waals surface area contributed by atoms with Crippen LogP contribution in [-0.2, 0) is 0 Å². The number of hydrogen-bond donors (Lipinski definition) is 2. The van der Waals surface area contributed by atoms with Crippen molar-refractivity contribution in [3.05, 3.63) is 22.8 Å². The topological polar surface area (TPSA) is 54.0 Å². The maximum absolute atomic E-state index is 12.0. The first-order valence-electron chi connectivity index (χ1n) is 6.72. The summed E-state index contributed by atoms with van der Waals surface area (Å²) in [4.78, 5) is 16.1. The van der Waals surface area contributed by atoms with Gasteiger partial charge in [0.05, 0.1) is 0 Å². The molecule has 19 heavy (non-hydrogen) atoms. The fourth-order valence-electron chi connectivity index (χ4n) is 1.55. The van der Waals surface area contributed by atoms with E-state index in [9.17, 15) is 4.79 Å². The average Bonchev–Trinajstić information content (AvgIpc) is 2.35. The number of nitrogens with zero attached hydrogens (tertiary/aromatic N) is 1. The van der Waals surface area contributed by atoms with Crippen molar-refractivity contribution < 1.29 is 4.79 Å². The third-order valence-electron chi connectivity index (χ3n) is 2.62. The SMILES string of the molecule is CCCNc1cc(C(=O)NCCC(C)C)cc(Cl)n1. The Morgan fingerprint density at radius 1 is 1.37 bits per heavy atom. The van der Waals surface area contributed by atoms with Crippen LogP contribution in [0.2, 0.25) is 5.15 Å². The minimum Gasteiger partial charge on any atom is -0.370 e. The lowest BCUT2D eigenvalue weighted by Gasteiger charge is -2.09. The number of anilines is 1. The Labute approximate surface area is 120 Å². The molecule has 0 saturated heterocycles. The van der Waals surface area contributed by atoms with E-state index in [4.69, 9.17) is 11.6 Å². The second kappa shape index (κ2) is 8.00. The number of carbonyl (C=O) groups is 1. The van der Waals surface area contributed by atoms with Gasteiger partial charge in [-0.15, -0.1) is 0 Å². The second-order valence-electron chi connectivity index (χ2n) is 4.93. The second-order valence-corrected chi connectivity index (χ2v) is 5.32. The van der Waals surface area contributed by atoms with Crippen molar-refractivity contribution in [3.63, 3.8) is 0 Å². The van der Waals surface area contributed by atoms with Crippen LogP contribution in [0.5, 0.6) is 0 Å². The molecule has 0 aliphatic heterocycles. The van der Waals surface area contributed by atoms with Gasteiger partial charge in [-0.2, -0.15) is 0 Å². The Bertz CT molecular complexity index is 421. The average molecular weight is 284 g/mol. The highest BCUT2D eigenvalue weighted by molar-refractivity contribution is 6.29. The predicted molar refractivity (Wildman–Crippen MR) is 79.8 cm³/mol. The van der Waals surface area contributed by atoms with Gasteiger partial charge in [0.2, 0.25) is 0 Å². The lowest BCUT2D eigenvalue weighted by atomic mass is 10.1. The zero-order valence-electron chi connectivity index (χ0n) is 11.8. The Morgan fingerprint density at radius 3 is 2.74 bits per heavy atom. The van der Waals surface area contributed by atoms with Crippen molar-refractivity contribution in [3.8, 4) is 0 Å². The molecular weight excluding hydrogens is 262 g/mol. The minimum absolute atomic E-state index is 0.107. The fourth-order valence-corrected chi connectivity index (χ4v) is 1.76. The lowest BCUT2D eigenvalue weighted by molar-refractivity contribution is 0.0952. The Morgan fingerprint density at radius 2 is 2.11 bits per heavy atom. The normalized spacial score (nSPS) is 10.6. The molecule has 0 radical (unpaired) electrons. The first kappa shape index (κ1) is 15.8. The Hall–Kier alpha value is -1.29. The molecular formula is C14H22ClN3O. The summed E-state index contributed by atoms with van der Waals surface area (Å²) in [6.07, 6.45) is 1.95. The van der Waals surface area contributed by atoms with Gasteiger partial charge in [0.15, 0.2) is 0 Å². The smallest absolute Gasteiger partial charge is 0.251 e. The monoisotopic (exact) mass is 283 g/mol. The van der Waals surface area contributed by atoms with Crippen LogP contribution in [0.3, 0.4) is 0 Å². The van der Waals surface area contributed by atoms with E-state index < -0.39 is 0 Å². The van der Waals surface area contributed by atoms with E-state index in [1.807, 2.05) is 0 Å². The fraction of sp³-hybridized carbons (Fsp3) is 0.571. The predicted octanol–water partition coefficient (Wildman–Crippen LogP) is 3.33. The highest BCUT2D eigenvalue weighted by Gasteiger charge is 2.09. The highest BCUT2D eigenvalue weighted by atomic mass is 35.5. The maximum Gasteiger partial charge on any atom is 0.251 e. The molecule has 0 atom stereocenters. The quantitative estimate of drug-likeness (QED) is 0.755. The zero-order chi connectivity index (χ0) is 14.3. The van der Waals surface area contributed by atoms with Crippen LogP contribution in [-0.4, -0.2) is 24.0 Å². The standard InChI is InChI=1S/C14H22ClN3O/c1-4-6-16-13-9-11(8-12(15)18-13)14(19)17-7-5-10(2)3/h8-10H,4-7H2,1-3H3,(H,16,18)(H,17,19). The first-order valence-corrected chi connectivity index (χ1v) is 7.10. The molecule has 0 bridgehead atoms. The molecule has 1 rings (SSSR count). The van der Waals surface area contributed by atoms with Crippen LogP contribution in [0.25, 0.3) is 0 Å². The molecule has 0 aliphatic rings. The number of carbonyl (C=O) groups excluding carboxylic acids is 1. The molecule has 1 amide bonds. The molecule has 0 aliphatic carbocycles. The maximum atomic E-state index is 12.0. The number of nitrogens with one attached hydrogen (secondary N) is 2. The van der Waals surface area contributed by atoms with Gasteiger partial charge >= 0.3 is 0 Å². The summed E-state index contributed by atoms with van der Waals surface area (Å²) in [5, 5.41) is 6.35. The molecule has 0 aromatic carbocycles. The van der Waals surface area contributed by atoms with Crippen LogP contribution >= 0.6 is 11.6 Å². The number of halogens is 1. The summed E-state index contributed by atoms with van der Waals surface area (Å²) in [5.41, 5.74) is 0.544. The van der Waals surface area contributed by atoms with Gasteiger partial charge in [-0.05, 0) is 30.9 Å². The van der Waals surface area contributed by atoms with E-state index in [-0.39, 0.29) is 5.91 Å². The third kappa shape index (κ3) is 5.92. The molecule has 0 saturated carbocycles. The van der Waals surface area contributed by atoms with E-state index in [1.165, 1.54) is 0 Å². The van der Waals surface area contributed by atoms with Crippen LogP contribution in [0.4, 0.5) is 5.82 Å². The molecule has 4 nitrogen and oxygen atoms in total. The molecule has 0 unspecified atom stereocenters. The van der Waals surface area contributed by atoms with E-state index in [1.54, 1.807) is 12.1 Å². The van der Waals surface area contributed by atoms with Gasteiger partial charge in [-0.3, -0.25) is 4.79 Å². The number of aromatic nitrogens is 1. The van der Waals surface area contributed by atoms with Crippen LogP contribution in [0.15, 0.2) is 12.1 Å². The summed E-state index contributed by atoms with van der Waals surface area (Å²) in [7, 11) is 0. The van der Waals surface area contributed by atoms with Crippen molar-refractivity contribution in [2.24, 2.45) is 5.92 Å². The van der Waals surface area contributed by atoms with E-state index in [0.717, 1.165) is 19.4 Å². The largest absolute Gasteiger partial charge is 0.370 e. The number of amides is 1. The molecule has 106 valence electrons. The van der Waals surface area contributed by atoms with E-state index in [2.05, 4.69) is 36.4 Å². The van der Waals surface area contributed by atoms with Gasteiger partial charge in [0, 0.05) is 18.7 Å². The molecule has 0 fully saturated rings. The molecule has 1 heterocycles. The molecule has 0 spiro atoms. The third-order valence-corrected chi connectivity index (χ3v) is 2.81. The summed E-state index contributed by atoms with van der Waals surface area (Å²) in [6.45, 7) is 7.80. The minimum atomic E-state index is -0.107. The molecule has 5 heteroatoms. The highest BCUT2D eigenvalue weighted by Crippen LogP contribution is 2.14. The zero-order valence-corrected chi connectivity index (χ0v) is 12.5. The summed E-state index contributed by atoms with van der Waals surface area (Å²) in [6, 6.07) is 3.32. The Kier molecular flexibility index (Phi) is 6.64. The van der Waals surface area contributed by atoms with Gasteiger partial charge < -0.3 is 10.6 Å². The molecule has 1 aromatic heterocycles. The number of hydrogen-bond acceptors (Lipinski definition) is 3. The van der Waals surface area contributed by atoms with E-state index >= 15 is 0 Å². The molecule has 2 N–H and O–H groups in total. The lowest BCUT2D eigenvalue weighted by Crippen LogP contribution is -2.25. The first-order chi connectivity index (χ1) is 9.02. The number of pyridine rings is 1. The van der Waals surface area contributed by atoms with Gasteiger partial charge in [-0.25, -0.2) is 4.98 Å².